The Balaban J connectivity index is 2.15. The largest absolute Gasteiger partial charge is 0.310 e. The molecule has 0 aromatic carbocycles. The van der Waals surface area contributed by atoms with E-state index in [9.17, 15) is 8.78 Å². The monoisotopic (exact) mass is 229 g/mol. The molecule has 0 radical (unpaired) electrons. The third-order valence-electron chi connectivity index (χ3n) is 3.60. The second-order valence-corrected chi connectivity index (χ2v) is 6.38. The molecule has 15 heavy (non-hydrogen) atoms. The zero-order valence-corrected chi connectivity index (χ0v) is 11.5. The predicted molar refractivity (Wildman–Crippen MR) is 60.0 cm³/mol. The van der Waals surface area contributed by atoms with E-state index in [1.165, 1.54) is 5.57 Å². The van der Waals surface area contributed by atoms with Crippen molar-refractivity contribution in [3.05, 3.63) is 11.6 Å². The zero-order chi connectivity index (χ0) is 11.1. The van der Waals surface area contributed by atoms with Gasteiger partial charge in [-0.2, -0.15) is 0 Å². The molecule has 1 fully saturated rings. The highest BCUT2D eigenvalue weighted by Gasteiger charge is 2.43. The van der Waals surface area contributed by atoms with Gasteiger partial charge in [0.05, 0.1) is 0 Å². The molecule has 0 N–H and O–H groups in total. The third kappa shape index (κ3) is 2.61. The standard InChI is InChI=1S/C11H16F2N.Al.2H/c1-9-3-2-5-14-6-4-11(12,13)8-10(14)7-9;;;/h3,6,10H,2,4-5,7-8H2,1H3;;;/t10-;;;/m1.../s1. The Bertz CT molecular complexity index is 278. The molecular weight excluding hydrogens is 211 g/mol. The topological polar surface area (TPSA) is 3.24 Å². The predicted octanol–water partition coefficient (Wildman–Crippen LogP) is 1.79. The van der Waals surface area contributed by atoms with Crippen LogP contribution in [-0.2, 0) is 0 Å². The molecule has 2 aliphatic heterocycles. The maximum absolute atomic E-state index is 13.5. The molecule has 2 rings (SSSR count). The minimum absolute atomic E-state index is 0.0664. The summed E-state index contributed by atoms with van der Waals surface area (Å²) in [6, 6.07) is 0.0926. The summed E-state index contributed by atoms with van der Waals surface area (Å²) in [5, 5.41) is 0. The van der Waals surface area contributed by atoms with Gasteiger partial charge >= 0.3 is 0 Å². The van der Waals surface area contributed by atoms with Gasteiger partial charge in [0.15, 0.2) is 0 Å². The van der Waals surface area contributed by atoms with Crippen molar-refractivity contribution in [2.45, 2.75) is 49.5 Å². The van der Waals surface area contributed by atoms with Gasteiger partial charge in [0, 0.05) is 25.4 Å². The van der Waals surface area contributed by atoms with Crippen molar-refractivity contribution in [1.82, 2.24) is 4.90 Å². The van der Waals surface area contributed by atoms with Gasteiger partial charge < -0.3 is 4.90 Å². The quantitative estimate of drug-likeness (QED) is 0.452. The highest BCUT2D eigenvalue weighted by atomic mass is 27.0. The molecule has 0 saturated carbocycles. The van der Waals surface area contributed by atoms with Crippen LogP contribution in [-0.4, -0.2) is 44.6 Å². The van der Waals surface area contributed by atoms with Crippen LogP contribution in [0.2, 0.25) is 0 Å². The zero-order valence-electron chi connectivity index (χ0n) is 9.47. The van der Waals surface area contributed by atoms with E-state index in [0.717, 1.165) is 35.7 Å². The van der Waals surface area contributed by atoms with E-state index in [1.54, 1.807) is 0 Å². The summed E-state index contributed by atoms with van der Waals surface area (Å²) < 4.78 is 26.9. The van der Waals surface area contributed by atoms with E-state index in [1.807, 2.05) is 0 Å². The Kier molecular flexibility index (Phi) is 3.21. The van der Waals surface area contributed by atoms with Crippen LogP contribution in [0.15, 0.2) is 11.6 Å². The molecule has 2 heterocycles. The van der Waals surface area contributed by atoms with E-state index in [2.05, 4.69) is 17.9 Å². The first-order chi connectivity index (χ1) is 6.98. The van der Waals surface area contributed by atoms with Gasteiger partial charge in [-0.1, -0.05) is 11.6 Å². The highest BCUT2D eigenvalue weighted by molar-refractivity contribution is 6.11. The van der Waals surface area contributed by atoms with Crippen LogP contribution < -0.4 is 0 Å². The normalized spacial score (nSPS) is 36.6. The molecule has 1 saturated heterocycles. The maximum Gasteiger partial charge on any atom is 0.249 e. The first kappa shape index (κ1) is 11.6. The third-order valence-corrected chi connectivity index (χ3v) is 4.67. The fourth-order valence-corrected chi connectivity index (χ4v) is 4.24. The second-order valence-electron chi connectivity index (χ2n) is 5.05. The number of rotatable bonds is 0. The van der Waals surface area contributed by atoms with Gasteiger partial charge in [-0.25, -0.2) is 8.78 Å². The lowest BCUT2D eigenvalue weighted by molar-refractivity contribution is -0.0854. The van der Waals surface area contributed by atoms with E-state index < -0.39 is 5.92 Å². The van der Waals surface area contributed by atoms with Crippen LogP contribution in [0.5, 0.6) is 0 Å². The van der Waals surface area contributed by atoms with Crippen molar-refractivity contribution >= 4 is 16.3 Å². The van der Waals surface area contributed by atoms with Gasteiger partial charge in [0.25, 0.3) is 0 Å². The van der Waals surface area contributed by atoms with Crippen LogP contribution in [0.1, 0.15) is 32.6 Å². The number of piperidine rings is 1. The Morgan fingerprint density at radius 3 is 2.93 bits per heavy atom. The van der Waals surface area contributed by atoms with Crippen molar-refractivity contribution in [3.63, 3.8) is 0 Å². The van der Waals surface area contributed by atoms with Gasteiger partial charge in [-0.15, -0.1) is 0 Å². The molecule has 2 atom stereocenters. The van der Waals surface area contributed by atoms with Crippen molar-refractivity contribution in [2.75, 3.05) is 6.54 Å². The molecule has 0 amide bonds. The van der Waals surface area contributed by atoms with E-state index in [4.69, 9.17) is 0 Å². The summed E-state index contributed by atoms with van der Waals surface area (Å²) in [5.41, 5.74) is 1.29. The summed E-state index contributed by atoms with van der Waals surface area (Å²) in [4.78, 5) is 2.49. The van der Waals surface area contributed by atoms with Crippen LogP contribution in [0.25, 0.3) is 0 Å². The fourth-order valence-electron chi connectivity index (χ4n) is 2.96. The van der Waals surface area contributed by atoms with E-state index >= 15 is 0 Å². The molecule has 0 spiro atoms. The molecule has 84 valence electrons. The molecule has 0 aromatic heterocycles. The Labute approximate surface area is 97.9 Å². The molecule has 0 unspecified atom stereocenters. The molecule has 0 bridgehead atoms. The Morgan fingerprint density at radius 1 is 1.47 bits per heavy atom. The van der Waals surface area contributed by atoms with Crippen molar-refractivity contribution in [2.24, 2.45) is 0 Å². The van der Waals surface area contributed by atoms with Crippen LogP contribution in [0.4, 0.5) is 8.78 Å². The van der Waals surface area contributed by atoms with Crippen molar-refractivity contribution in [3.8, 4) is 0 Å². The van der Waals surface area contributed by atoms with Crippen LogP contribution in [0.3, 0.4) is 0 Å². The SMILES string of the molecule is CC1=CCCN2[C@H](C1)CC(F)(F)C[C@@H]2[AlH2]. The summed E-state index contributed by atoms with van der Waals surface area (Å²) in [6.45, 7) is 3.05. The summed E-state index contributed by atoms with van der Waals surface area (Å²) in [5.74, 6) is -2.42. The number of fused-ring (bicyclic) bond motifs is 1. The number of hydrogen-bond donors (Lipinski definition) is 0. The number of hydrogen-bond acceptors (Lipinski definition) is 1. The summed E-state index contributed by atoms with van der Waals surface area (Å²) in [6.07, 6.45) is 4.25. The number of alkyl halides is 2. The lowest BCUT2D eigenvalue weighted by Crippen LogP contribution is -2.53. The fraction of sp³-hybridized carbons (Fsp3) is 0.818. The Morgan fingerprint density at radius 2 is 2.20 bits per heavy atom. The first-order valence-electron chi connectivity index (χ1n) is 5.77. The van der Waals surface area contributed by atoms with Crippen molar-refractivity contribution in [1.29, 1.82) is 0 Å². The van der Waals surface area contributed by atoms with E-state index in [0.29, 0.717) is 0 Å². The van der Waals surface area contributed by atoms with E-state index in [-0.39, 0.29) is 23.8 Å². The number of halogens is 2. The Hall–Kier alpha value is 0.0925. The lowest BCUT2D eigenvalue weighted by atomic mass is 9.94. The van der Waals surface area contributed by atoms with Crippen LogP contribution in [0, 0.1) is 0 Å². The van der Waals surface area contributed by atoms with Gasteiger partial charge in [0.1, 0.15) is 0 Å². The minimum Gasteiger partial charge on any atom is -0.310 e. The highest BCUT2D eigenvalue weighted by Crippen LogP contribution is 2.37. The summed E-state index contributed by atoms with van der Waals surface area (Å²) >= 11 is 0.856. The second kappa shape index (κ2) is 4.16. The van der Waals surface area contributed by atoms with Gasteiger partial charge in [0.2, 0.25) is 22.2 Å². The van der Waals surface area contributed by atoms with Crippen molar-refractivity contribution < 1.29 is 8.78 Å². The molecule has 4 heteroatoms. The average molecular weight is 229 g/mol. The smallest absolute Gasteiger partial charge is 0.249 e. The maximum atomic E-state index is 13.5. The van der Waals surface area contributed by atoms with Gasteiger partial charge in [-0.05, 0) is 24.7 Å². The number of nitrogens with zero attached hydrogens (tertiary/aromatic N) is 1. The molecule has 1 nitrogen and oxygen atoms in total. The average Bonchev–Trinajstić information content (AvgIpc) is 2.23. The molecule has 0 aliphatic carbocycles. The first-order valence-corrected chi connectivity index (χ1v) is 6.92. The molecule has 0 aromatic rings. The molecular formula is C11H18AlF2N. The summed E-state index contributed by atoms with van der Waals surface area (Å²) in [7, 11) is 0. The minimum atomic E-state index is -2.42. The lowest BCUT2D eigenvalue weighted by Gasteiger charge is -2.43. The van der Waals surface area contributed by atoms with Gasteiger partial charge in [-0.3, -0.25) is 0 Å². The van der Waals surface area contributed by atoms with Crippen LogP contribution >= 0.6 is 0 Å². The molecule has 2 aliphatic rings.